The molecule has 2 rings (SSSR count). The van der Waals surface area contributed by atoms with Crippen molar-refractivity contribution in [1.29, 1.82) is 0 Å². The number of carboxylic acids is 1. The molecule has 1 saturated heterocycles. The third-order valence-corrected chi connectivity index (χ3v) is 3.55. The fraction of sp³-hybridized carbons (Fsp3) is 0.571. The smallest absolute Gasteiger partial charge is 0.303 e. The summed E-state index contributed by atoms with van der Waals surface area (Å²) in [6.45, 7) is 2.90. The summed E-state index contributed by atoms with van der Waals surface area (Å²) in [4.78, 5) is 17.1. The largest absolute Gasteiger partial charge is 0.481 e. The number of aliphatic carboxylic acids is 1. The van der Waals surface area contributed by atoms with E-state index in [1.165, 1.54) is 5.56 Å². The first kappa shape index (κ1) is 13.8. The van der Waals surface area contributed by atoms with E-state index in [0.29, 0.717) is 11.8 Å². The molecule has 1 N–H and O–H groups in total. The maximum absolute atomic E-state index is 10.6. The molecule has 5 nitrogen and oxygen atoms in total. The number of pyridine rings is 1. The van der Waals surface area contributed by atoms with Crippen LogP contribution in [0.15, 0.2) is 18.3 Å². The van der Waals surface area contributed by atoms with Crippen LogP contribution in [0.5, 0.6) is 5.88 Å². The summed E-state index contributed by atoms with van der Waals surface area (Å²) in [6.07, 6.45) is 4.00. The average molecular weight is 264 g/mol. The first-order valence-electron chi connectivity index (χ1n) is 6.60. The summed E-state index contributed by atoms with van der Waals surface area (Å²) in [5.74, 6) is 0.449. The molecule has 0 aromatic carbocycles. The van der Waals surface area contributed by atoms with Crippen molar-refractivity contribution < 1.29 is 14.6 Å². The van der Waals surface area contributed by atoms with Gasteiger partial charge in [0, 0.05) is 31.8 Å². The van der Waals surface area contributed by atoms with Crippen molar-refractivity contribution in [2.75, 3.05) is 20.2 Å². The standard InChI is InChI=1S/C14H20N2O3/c1-19-13-4-2-12(8-15-13)10-16-7-6-11(9-16)3-5-14(17)18/h2,4,8,11H,3,5-7,9-10H2,1H3,(H,17,18). The molecular weight excluding hydrogens is 244 g/mol. The molecule has 1 aliphatic heterocycles. The van der Waals surface area contributed by atoms with Gasteiger partial charge in [0.1, 0.15) is 0 Å². The topological polar surface area (TPSA) is 62.7 Å². The summed E-state index contributed by atoms with van der Waals surface area (Å²) < 4.78 is 5.03. The molecule has 1 aliphatic rings. The fourth-order valence-electron chi connectivity index (χ4n) is 2.50. The van der Waals surface area contributed by atoms with Crippen LogP contribution in [0.25, 0.3) is 0 Å². The second-order valence-electron chi connectivity index (χ2n) is 5.03. The molecule has 0 bridgehead atoms. The van der Waals surface area contributed by atoms with Crippen LogP contribution in [0.1, 0.15) is 24.8 Å². The van der Waals surface area contributed by atoms with Crippen molar-refractivity contribution in [2.45, 2.75) is 25.8 Å². The minimum atomic E-state index is -0.696. The lowest BCUT2D eigenvalue weighted by Gasteiger charge is -2.15. The summed E-state index contributed by atoms with van der Waals surface area (Å²) in [5, 5.41) is 8.69. The van der Waals surface area contributed by atoms with Crippen LogP contribution in [-0.2, 0) is 11.3 Å². The van der Waals surface area contributed by atoms with Crippen molar-refractivity contribution >= 4 is 5.97 Å². The van der Waals surface area contributed by atoms with Crippen LogP contribution >= 0.6 is 0 Å². The summed E-state index contributed by atoms with van der Waals surface area (Å²) in [5.41, 5.74) is 1.17. The van der Waals surface area contributed by atoms with Crippen LogP contribution in [0, 0.1) is 5.92 Å². The second-order valence-corrected chi connectivity index (χ2v) is 5.03. The zero-order chi connectivity index (χ0) is 13.7. The van der Waals surface area contributed by atoms with Crippen LogP contribution in [0.2, 0.25) is 0 Å². The van der Waals surface area contributed by atoms with E-state index in [1.54, 1.807) is 7.11 Å². The molecule has 0 amide bonds. The highest BCUT2D eigenvalue weighted by Crippen LogP contribution is 2.22. The van der Waals surface area contributed by atoms with Crippen molar-refractivity contribution in [3.05, 3.63) is 23.9 Å². The lowest BCUT2D eigenvalue weighted by molar-refractivity contribution is -0.137. The number of likely N-dealkylation sites (tertiary alicyclic amines) is 1. The molecule has 1 aromatic heterocycles. The van der Waals surface area contributed by atoms with Gasteiger partial charge in [-0.3, -0.25) is 9.69 Å². The Hall–Kier alpha value is -1.62. The molecule has 1 aromatic rings. The molecule has 2 heterocycles. The number of aromatic nitrogens is 1. The number of methoxy groups -OCH3 is 1. The second kappa shape index (κ2) is 6.52. The highest BCUT2D eigenvalue weighted by atomic mass is 16.5. The zero-order valence-corrected chi connectivity index (χ0v) is 11.2. The monoisotopic (exact) mass is 264 g/mol. The number of hydrogen-bond acceptors (Lipinski definition) is 4. The maximum atomic E-state index is 10.6. The third kappa shape index (κ3) is 4.21. The zero-order valence-electron chi connectivity index (χ0n) is 11.2. The fourth-order valence-corrected chi connectivity index (χ4v) is 2.50. The SMILES string of the molecule is COc1ccc(CN2CCC(CCC(=O)O)C2)cn1. The van der Waals surface area contributed by atoms with Gasteiger partial charge in [-0.25, -0.2) is 4.98 Å². The molecule has 5 heteroatoms. The predicted molar refractivity (Wildman–Crippen MR) is 71.0 cm³/mol. The minimum Gasteiger partial charge on any atom is -0.481 e. The van der Waals surface area contributed by atoms with Crippen LogP contribution in [0.3, 0.4) is 0 Å². The van der Waals surface area contributed by atoms with E-state index >= 15 is 0 Å². The molecule has 19 heavy (non-hydrogen) atoms. The van der Waals surface area contributed by atoms with Gasteiger partial charge in [0.25, 0.3) is 0 Å². The Bertz CT molecular complexity index is 419. The van der Waals surface area contributed by atoms with Gasteiger partial charge in [0.05, 0.1) is 7.11 Å². The Morgan fingerprint density at radius 2 is 2.42 bits per heavy atom. The first-order chi connectivity index (χ1) is 9.17. The number of rotatable bonds is 6. The molecular formula is C14H20N2O3. The first-order valence-corrected chi connectivity index (χ1v) is 6.60. The van der Waals surface area contributed by atoms with Gasteiger partial charge in [-0.15, -0.1) is 0 Å². The third-order valence-electron chi connectivity index (χ3n) is 3.55. The van der Waals surface area contributed by atoms with Gasteiger partial charge in [-0.2, -0.15) is 0 Å². The van der Waals surface area contributed by atoms with Gasteiger partial charge in [0.15, 0.2) is 0 Å². The van der Waals surface area contributed by atoms with E-state index in [0.717, 1.165) is 32.5 Å². The van der Waals surface area contributed by atoms with E-state index in [1.807, 2.05) is 18.3 Å². The Kier molecular flexibility index (Phi) is 4.74. The molecule has 0 spiro atoms. The van der Waals surface area contributed by atoms with E-state index < -0.39 is 5.97 Å². The summed E-state index contributed by atoms with van der Waals surface area (Å²) >= 11 is 0. The van der Waals surface area contributed by atoms with E-state index in [9.17, 15) is 4.79 Å². The Morgan fingerprint density at radius 1 is 1.58 bits per heavy atom. The molecule has 0 saturated carbocycles. The number of carboxylic acid groups (broad SMARTS) is 1. The molecule has 0 radical (unpaired) electrons. The lowest BCUT2D eigenvalue weighted by atomic mass is 10.0. The molecule has 0 aliphatic carbocycles. The predicted octanol–water partition coefficient (Wildman–Crippen LogP) is 1.78. The van der Waals surface area contributed by atoms with Crippen molar-refractivity contribution in [1.82, 2.24) is 9.88 Å². The summed E-state index contributed by atoms with van der Waals surface area (Å²) in [6, 6.07) is 3.89. The van der Waals surface area contributed by atoms with Crippen molar-refractivity contribution in [2.24, 2.45) is 5.92 Å². The highest BCUT2D eigenvalue weighted by molar-refractivity contribution is 5.66. The van der Waals surface area contributed by atoms with Crippen LogP contribution in [0.4, 0.5) is 0 Å². The highest BCUT2D eigenvalue weighted by Gasteiger charge is 2.22. The molecule has 1 unspecified atom stereocenters. The minimum absolute atomic E-state index is 0.280. The molecule has 1 atom stereocenters. The number of ether oxygens (including phenoxy) is 1. The van der Waals surface area contributed by atoms with Gasteiger partial charge >= 0.3 is 5.97 Å². The van der Waals surface area contributed by atoms with E-state index in [-0.39, 0.29) is 6.42 Å². The Balaban J connectivity index is 1.79. The van der Waals surface area contributed by atoms with E-state index in [2.05, 4.69) is 9.88 Å². The Morgan fingerprint density at radius 3 is 3.05 bits per heavy atom. The van der Waals surface area contributed by atoms with Gasteiger partial charge < -0.3 is 9.84 Å². The lowest BCUT2D eigenvalue weighted by Crippen LogP contribution is -2.20. The van der Waals surface area contributed by atoms with E-state index in [4.69, 9.17) is 9.84 Å². The van der Waals surface area contributed by atoms with Crippen molar-refractivity contribution in [3.63, 3.8) is 0 Å². The number of nitrogens with zero attached hydrogens (tertiary/aromatic N) is 2. The van der Waals surface area contributed by atoms with Crippen LogP contribution in [-0.4, -0.2) is 41.2 Å². The Labute approximate surface area is 113 Å². The van der Waals surface area contributed by atoms with Gasteiger partial charge in [-0.05, 0) is 30.9 Å². The number of hydrogen-bond donors (Lipinski definition) is 1. The summed E-state index contributed by atoms with van der Waals surface area (Å²) in [7, 11) is 1.61. The average Bonchev–Trinajstić information content (AvgIpc) is 2.85. The quantitative estimate of drug-likeness (QED) is 0.848. The number of carbonyl (C=O) groups is 1. The van der Waals surface area contributed by atoms with Gasteiger partial charge in [0.2, 0.25) is 5.88 Å². The van der Waals surface area contributed by atoms with Crippen molar-refractivity contribution in [3.8, 4) is 5.88 Å². The van der Waals surface area contributed by atoms with Crippen LogP contribution < -0.4 is 4.74 Å². The normalized spacial score (nSPS) is 19.5. The molecule has 1 fully saturated rings. The molecule has 104 valence electrons. The van der Waals surface area contributed by atoms with Gasteiger partial charge in [-0.1, -0.05) is 6.07 Å². The maximum Gasteiger partial charge on any atom is 0.303 e.